The highest BCUT2D eigenvalue weighted by Crippen LogP contribution is 2.42. The summed E-state index contributed by atoms with van der Waals surface area (Å²) < 4.78 is 69.3. The molecule has 0 unspecified atom stereocenters. The number of aromatic nitrogens is 2. The van der Waals surface area contributed by atoms with Crippen molar-refractivity contribution in [2.45, 2.75) is 44.3 Å². The van der Waals surface area contributed by atoms with E-state index in [1.54, 1.807) is 0 Å². The monoisotopic (exact) mass is 448 g/mol. The van der Waals surface area contributed by atoms with Crippen LogP contribution >= 0.6 is 0 Å². The first-order chi connectivity index (χ1) is 14.5. The van der Waals surface area contributed by atoms with Crippen molar-refractivity contribution in [3.05, 3.63) is 45.8 Å². The molecule has 3 rings (SSSR count). The number of nitrogens with one attached hydrogen (secondary N) is 1. The maximum Gasteiger partial charge on any atom is 0.435 e. The lowest BCUT2D eigenvalue weighted by atomic mass is 10.2. The Morgan fingerprint density at radius 1 is 1.29 bits per heavy atom. The Bertz CT molecular complexity index is 972. The molecule has 8 nitrogen and oxygen atoms in total. The zero-order valence-corrected chi connectivity index (χ0v) is 15.9. The van der Waals surface area contributed by atoms with E-state index in [-0.39, 0.29) is 30.3 Å². The molecule has 1 heterocycles. The maximum atomic E-state index is 12.9. The standard InChI is InChI=1S/C18H17F5N4O4/c19-16(20)9-31-13-6-11(5-12(7-13)27(29)30)24-17(28)3-4-26-14(10-1-2-10)8-15(25-26)18(21,22)23/h5-8,10,16H,1-4,9H2,(H,24,28). The van der Waals surface area contributed by atoms with Gasteiger partial charge in [0.2, 0.25) is 5.91 Å². The number of benzene rings is 1. The van der Waals surface area contributed by atoms with Crippen LogP contribution in [0.4, 0.5) is 33.3 Å². The Labute approximate surface area is 172 Å². The molecule has 1 aromatic heterocycles. The minimum absolute atomic E-state index is 0.0297. The summed E-state index contributed by atoms with van der Waals surface area (Å²) in [5, 5.41) is 16.9. The molecule has 1 aliphatic rings. The fraction of sp³-hybridized carbons (Fsp3) is 0.444. The molecule has 1 saturated carbocycles. The third-order valence-electron chi connectivity index (χ3n) is 4.41. The number of hydrogen-bond acceptors (Lipinski definition) is 5. The van der Waals surface area contributed by atoms with Crippen LogP contribution in [0.25, 0.3) is 0 Å². The number of ether oxygens (including phenoxy) is 1. The van der Waals surface area contributed by atoms with Crippen LogP contribution in [0.1, 0.15) is 36.6 Å². The summed E-state index contributed by atoms with van der Waals surface area (Å²) >= 11 is 0. The molecule has 1 aromatic carbocycles. The number of alkyl halides is 5. The highest BCUT2D eigenvalue weighted by Gasteiger charge is 2.37. The number of hydrogen-bond donors (Lipinski definition) is 1. The van der Waals surface area contributed by atoms with E-state index < -0.39 is 41.4 Å². The van der Waals surface area contributed by atoms with Gasteiger partial charge in [-0.05, 0) is 18.9 Å². The molecule has 0 bridgehead atoms. The van der Waals surface area contributed by atoms with E-state index in [9.17, 15) is 36.9 Å². The number of carbonyl (C=O) groups excluding carboxylic acids is 1. The van der Waals surface area contributed by atoms with Gasteiger partial charge < -0.3 is 10.1 Å². The first-order valence-electron chi connectivity index (χ1n) is 9.18. The van der Waals surface area contributed by atoms with Crippen molar-refractivity contribution in [1.29, 1.82) is 0 Å². The van der Waals surface area contributed by atoms with E-state index in [2.05, 4.69) is 10.4 Å². The molecule has 13 heteroatoms. The smallest absolute Gasteiger partial charge is 0.435 e. The van der Waals surface area contributed by atoms with Crippen molar-refractivity contribution in [3.8, 4) is 5.75 Å². The molecule has 0 radical (unpaired) electrons. The van der Waals surface area contributed by atoms with Crippen molar-refractivity contribution in [2.24, 2.45) is 0 Å². The van der Waals surface area contributed by atoms with Crippen molar-refractivity contribution in [2.75, 3.05) is 11.9 Å². The van der Waals surface area contributed by atoms with Gasteiger partial charge in [0, 0.05) is 36.7 Å². The molecular formula is C18H17F5N4O4. The van der Waals surface area contributed by atoms with Gasteiger partial charge in [0.25, 0.3) is 12.1 Å². The molecule has 168 valence electrons. The maximum absolute atomic E-state index is 12.9. The summed E-state index contributed by atoms with van der Waals surface area (Å²) in [5.41, 5.74) is -1.19. The van der Waals surface area contributed by atoms with E-state index in [0.717, 1.165) is 41.8 Å². The van der Waals surface area contributed by atoms with Crippen molar-refractivity contribution in [3.63, 3.8) is 0 Å². The fourth-order valence-electron chi connectivity index (χ4n) is 2.89. The van der Waals surface area contributed by atoms with Gasteiger partial charge in [-0.25, -0.2) is 8.78 Å². The molecule has 0 aliphatic heterocycles. The second-order valence-electron chi connectivity index (χ2n) is 6.92. The Hall–Kier alpha value is -3.25. The summed E-state index contributed by atoms with van der Waals surface area (Å²) in [5.74, 6) is -0.910. The Morgan fingerprint density at radius 2 is 2.00 bits per heavy atom. The van der Waals surface area contributed by atoms with Gasteiger partial charge in [-0.1, -0.05) is 0 Å². The fourth-order valence-corrected chi connectivity index (χ4v) is 2.89. The average Bonchev–Trinajstić information content (AvgIpc) is 3.42. The van der Waals surface area contributed by atoms with Gasteiger partial charge in [-0.15, -0.1) is 0 Å². The van der Waals surface area contributed by atoms with E-state index in [4.69, 9.17) is 4.74 Å². The average molecular weight is 448 g/mol. The van der Waals surface area contributed by atoms with Crippen LogP contribution in [-0.4, -0.2) is 33.6 Å². The van der Waals surface area contributed by atoms with Gasteiger partial charge in [0.15, 0.2) is 5.69 Å². The number of rotatable bonds is 9. The summed E-state index contributed by atoms with van der Waals surface area (Å²) in [6.45, 7) is -1.11. The summed E-state index contributed by atoms with van der Waals surface area (Å²) in [6.07, 6.45) is -6.17. The van der Waals surface area contributed by atoms with Gasteiger partial charge in [-0.3, -0.25) is 19.6 Å². The number of nitro groups is 1. The Morgan fingerprint density at radius 3 is 2.58 bits per heavy atom. The van der Waals surface area contributed by atoms with Crippen LogP contribution in [0.2, 0.25) is 0 Å². The minimum Gasteiger partial charge on any atom is -0.487 e. The molecule has 1 amide bonds. The quantitative estimate of drug-likeness (QED) is 0.349. The molecular weight excluding hydrogens is 431 g/mol. The zero-order chi connectivity index (χ0) is 22.8. The predicted octanol–water partition coefficient (Wildman–Crippen LogP) is 4.36. The number of non-ortho nitro benzene ring substituents is 1. The molecule has 1 aliphatic carbocycles. The van der Waals surface area contributed by atoms with Crippen LogP contribution in [-0.2, 0) is 17.5 Å². The van der Waals surface area contributed by atoms with E-state index in [1.165, 1.54) is 0 Å². The highest BCUT2D eigenvalue weighted by molar-refractivity contribution is 5.91. The second kappa shape index (κ2) is 8.86. The predicted molar refractivity (Wildman–Crippen MR) is 97.0 cm³/mol. The molecule has 0 atom stereocenters. The molecule has 0 saturated heterocycles. The highest BCUT2D eigenvalue weighted by atomic mass is 19.4. The topological polar surface area (TPSA) is 99.3 Å². The summed E-state index contributed by atoms with van der Waals surface area (Å²) in [7, 11) is 0. The molecule has 2 aromatic rings. The first kappa shape index (κ1) is 22.4. The lowest BCUT2D eigenvalue weighted by Gasteiger charge is -2.10. The third-order valence-corrected chi connectivity index (χ3v) is 4.41. The number of carbonyl (C=O) groups is 1. The number of aryl methyl sites for hydroxylation is 1. The molecule has 1 N–H and O–H groups in total. The Kier molecular flexibility index (Phi) is 6.41. The third kappa shape index (κ3) is 6.12. The van der Waals surface area contributed by atoms with Gasteiger partial charge in [0.05, 0.1) is 16.7 Å². The zero-order valence-electron chi connectivity index (χ0n) is 15.9. The van der Waals surface area contributed by atoms with Crippen LogP contribution in [0, 0.1) is 10.1 Å². The first-order valence-corrected chi connectivity index (χ1v) is 9.18. The number of anilines is 1. The van der Waals surface area contributed by atoms with Gasteiger partial charge in [-0.2, -0.15) is 18.3 Å². The van der Waals surface area contributed by atoms with Crippen LogP contribution in [0.3, 0.4) is 0 Å². The molecule has 31 heavy (non-hydrogen) atoms. The van der Waals surface area contributed by atoms with E-state index in [1.807, 2.05) is 0 Å². The number of halogens is 5. The van der Waals surface area contributed by atoms with Crippen LogP contribution in [0.5, 0.6) is 5.75 Å². The Balaban J connectivity index is 1.68. The lowest BCUT2D eigenvalue weighted by molar-refractivity contribution is -0.384. The summed E-state index contributed by atoms with van der Waals surface area (Å²) in [4.78, 5) is 22.5. The summed E-state index contributed by atoms with van der Waals surface area (Å²) in [6, 6.07) is 4.06. The van der Waals surface area contributed by atoms with Crippen molar-refractivity contribution in [1.82, 2.24) is 9.78 Å². The van der Waals surface area contributed by atoms with Crippen LogP contribution in [0.15, 0.2) is 24.3 Å². The van der Waals surface area contributed by atoms with E-state index >= 15 is 0 Å². The number of nitro benzene ring substituents is 1. The van der Waals surface area contributed by atoms with Crippen molar-refractivity contribution >= 4 is 17.3 Å². The largest absolute Gasteiger partial charge is 0.487 e. The van der Waals surface area contributed by atoms with E-state index in [0.29, 0.717) is 5.69 Å². The lowest BCUT2D eigenvalue weighted by Crippen LogP contribution is -2.17. The van der Waals surface area contributed by atoms with Crippen LogP contribution < -0.4 is 10.1 Å². The minimum atomic E-state index is -4.60. The number of nitrogens with zero attached hydrogens (tertiary/aromatic N) is 3. The van der Waals surface area contributed by atoms with Gasteiger partial charge in [0.1, 0.15) is 12.4 Å². The molecule has 1 fully saturated rings. The van der Waals surface area contributed by atoms with Gasteiger partial charge >= 0.3 is 6.18 Å². The SMILES string of the molecule is O=C(CCn1nc(C(F)(F)F)cc1C1CC1)Nc1cc(OCC(F)F)cc([N+](=O)[O-])c1. The van der Waals surface area contributed by atoms with Crippen molar-refractivity contribution < 1.29 is 36.4 Å². The number of amides is 1. The normalized spacial score (nSPS) is 14.0. The molecule has 0 spiro atoms. The second-order valence-corrected chi connectivity index (χ2v) is 6.92.